The Bertz CT molecular complexity index is 1870. The van der Waals surface area contributed by atoms with Gasteiger partial charge in [-0.1, -0.05) is 44.0 Å². The minimum Gasteiger partial charge on any atom is -0.465 e. The zero-order valence-electron chi connectivity index (χ0n) is 30.1. The molecule has 5 heterocycles. The Hall–Kier alpha value is -4.16. The van der Waals surface area contributed by atoms with Crippen LogP contribution < -0.4 is 20.7 Å². The van der Waals surface area contributed by atoms with Gasteiger partial charge in [-0.3, -0.25) is 23.9 Å². The molecule has 2 aromatic heterocycles. The lowest BCUT2D eigenvalue weighted by Gasteiger charge is -2.27. The van der Waals surface area contributed by atoms with E-state index in [1.807, 2.05) is 31.2 Å². The number of primary amides is 1. The number of esters is 1. The normalized spacial score (nSPS) is 18.1. The highest BCUT2D eigenvalue weighted by atomic mass is 32.1. The number of nitrogens with two attached hydrogens (primary N) is 1. The number of benzene rings is 2. The number of fused-ring (bicyclic) bond motifs is 2. The van der Waals surface area contributed by atoms with Crippen molar-refractivity contribution < 1.29 is 32.6 Å². The number of ether oxygens (including phenoxy) is 1. The lowest BCUT2D eigenvalue weighted by atomic mass is 9.95. The van der Waals surface area contributed by atoms with Gasteiger partial charge < -0.3 is 25.2 Å². The van der Waals surface area contributed by atoms with E-state index in [4.69, 9.17) is 15.0 Å². The van der Waals surface area contributed by atoms with Crippen LogP contribution in [0, 0.1) is 5.82 Å². The molecule has 2 unspecified atom stereocenters. The quantitative estimate of drug-likeness (QED) is 0.107. The summed E-state index contributed by atoms with van der Waals surface area (Å²) in [5, 5.41) is 6.69. The van der Waals surface area contributed by atoms with Crippen molar-refractivity contribution >= 4 is 46.7 Å². The van der Waals surface area contributed by atoms with Gasteiger partial charge in [0.2, 0.25) is 5.91 Å². The molecule has 0 spiro atoms. The molecule has 2 aromatic carbocycles. The molecule has 3 fully saturated rings. The molecule has 4 aromatic rings. The summed E-state index contributed by atoms with van der Waals surface area (Å²) in [4.78, 5) is 41.4. The van der Waals surface area contributed by atoms with E-state index in [2.05, 4.69) is 20.3 Å². The van der Waals surface area contributed by atoms with Crippen LogP contribution in [0.25, 0.3) is 10.1 Å². The first-order valence-electron chi connectivity index (χ1n) is 18.3. The van der Waals surface area contributed by atoms with Crippen molar-refractivity contribution in [1.29, 1.82) is 0 Å². The summed E-state index contributed by atoms with van der Waals surface area (Å²) in [5.41, 5.74) is 6.84. The maximum absolute atomic E-state index is 13.6. The summed E-state index contributed by atoms with van der Waals surface area (Å²) in [6, 6.07) is 18.0. The monoisotopic (exact) mass is 765 g/mol. The topological polar surface area (TPSA) is 153 Å². The predicted octanol–water partition coefficient (Wildman–Crippen LogP) is 7.16. The van der Waals surface area contributed by atoms with Crippen molar-refractivity contribution in [3.8, 4) is 5.75 Å². The molecular weight excluding hydrogens is 716 g/mol. The Morgan fingerprint density at radius 2 is 1.87 bits per heavy atom. The van der Waals surface area contributed by atoms with Gasteiger partial charge in [-0.2, -0.15) is 0 Å². The maximum Gasteiger partial charge on any atom is 0.321 e. The first-order chi connectivity index (χ1) is 25.6. The first-order valence-corrected chi connectivity index (χ1v) is 20.9. The summed E-state index contributed by atoms with van der Waals surface area (Å²) in [6.07, 6.45) is 12.1. The zero-order chi connectivity index (χ0) is 37.6. The molecule has 0 aliphatic carbocycles. The standard InChI is InChI=1S/C21H23N2O5PS.C10H17NO.C8H9FN2/c1-2-10-27-20(24)13-23-29(26,28-17-6-4-3-5-7-17)14-15-8-9-18-16(11-15)12-19(30-18)21(22)25;12-10-7-3-1-2-5-9-6-4-8-11(9)10;9-8-1-2-10-5-7(8)6-3-11-4-6/h3-9,11-12H,2,10,13-14H2,1H3,(H2,22,25)(H,23,26);9H,1-8H2;1-2,5-6,11H,3-4H2. The van der Waals surface area contributed by atoms with Gasteiger partial charge in [0.25, 0.3) is 5.91 Å². The number of carbonyl (C=O) groups is 3. The maximum atomic E-state index is 13.6. The Balaban J connectivity index is 0.000000189. The minimum atomic E-state index is -3.48. The molecule has 4 N–H and O–H groups in total. The van der Waals surface area contributed by atoms with Gasteiger partial charge >= 0.3 is 13.5 Å². The van der Waals surface area contributed by atoms with E-state index in [1.165, 1.54) is 55.7 Å². The largest absolute Gasteiger partial charge is 0.465 e. The number of carbonyl (C=O) groups excluding carboxylic acids is 3. The van der Waals surface area contributed by atoms with E-state index in [0.29, 0.717) is 41.5 Å². The van der Waals surface area contributed by atoms with Crippen molar-refractivity contribution in [1.82, 2.24) is 20.3 Å². The van der Waals surface area contributed by atoms with Crippen LogP contribution in [0.1, 0.15) is 85.0 Å². The van der Waals surface area contributed by atoms with Crippen LogP contribution >= 0.6 is 18.9 Å². The summed E-state index contributed by atoms with van der Waals surface area (Å²) < 4.78 is 38.3. The summed E-state index contributed by atoms with van der Waals surface area (Å²) in [7, 11) is -3.48. The fourth-order valence-corrected chi connectivity index (χ4v) is 9.06. The number of para-hydroxylation sites is 1. The van der Waals surface area contributed by atoms with Gasteiger partial charge in [-0.05, 0) is 79.5 Å². The highest BCUT2D eigenvalue weighted by Gasteiger charge is 2.29. The minimum absolute atomic E-state index is 0.0562. The number of pyridine rings is 1. The smallest absolute Gasteiger partial charge is 0.321 e. The number of nitrogens with one attached hydrogen (secondary N) is 2. The van der Waals surface area contributed by atoms with Crippen LogP contribution in [0.4, 0.5) is 4.39 Å². The van der Waals surface area contributed by atoms with E-state index in [0.717, 1.165) is 53.7 Å². The second-order valence-electron chi connectivity index (χ2n) is 13.4. The zero-order valence-corrected chi connectivity index (χ0v) is 31.8. The van der Waals surface area contributed by atoms with Crippen LogP contribution in [0.2, 0.25) is 0 Å². The van der Waals surface area contributed by atoms with Crippen molar-refractivity contribution in [3.05, 3.63) is 94.9 Å². The van der Waals surface area contributed by atoms with Gasteiger partial charge in [0.1, 0.15) is 18.1 Å². The summed E-state index contributed by atoms with van der Waals surface area (Å²) in [5.74, 6) is 0.0755. The second kappa shape index (κ2) is 19.8. The van der Waals surface area contributed by atoms with Crippen LogP contribution in [-0.4, -0.2) is 66.5 Å². The van der Waals surface area contributed by atoms with Crippen LogP contribution in [0.3, 0.4) is 0 Å². The first kappa shape index (κ1) is 40.0. The van der Waals surface area contributed by atoms with Crippen molar-refractivity contribution in [3.63, 3.8) is 0 Å². The van der Waals surface area contributed by atoms with Gasteiger partial charge in [0.15, 0.2) is 0 Å². The van der Waals surface area contributed by atoms with Crippen molar-refractivity contribution in [2.75, 3.05) is 32.8 Å². The van der Waals surface area contributed by atoms with Gasteiger partial charge in [0, 0.05) is 60.7 Å². The van der Waals surface area contributed by atoms with E-state index in [1.54, 1.807) is 36.5 Å². The number of aromatic nitrogens is 1. The number of hydrogen-bond donors (Lipinski definition) is 3. The van der Waals surface area contributed by atoms with Crippen LogP contribution in [-0.2, 0) is 25.1 Å². The van der Waals surface area contributed by atoms with E-state index >= 15 is 0 Å². The average Bonchev–Trinajstić information content (AvgIpc) is 3.77. The third-order valence-electron chi connectivity index (χ3n) is 9.28. The molecule has 2 amide bonds. The third-order valence-corrected chi connectivity index (χ3v) is 12.3. The number of nitrogens with zero attached hydrogens (tertiary/aromatic N) is 2. The highest BCUT2D eigenvalue weighted by molar-refractivity contribution is 7.56. The molecule has 284 valence electrons. The molecule has 0 saturated carbocycles. The molecular formula is C39H49FN5O6PS. The Kier molecular flexibility index (Phi) is 14.9. The fourth-order valence-electron chi connectivity index (χ4n) is 6.42. The molecule has 3 aliphatic rings. The number of rotatable bonds is 11. The molecule has 11 nitrogen and oxygen atoms in total. The van der Waals surface area contributed by atoms with Gasteiger partial charge in [-0.25, -0.2) is 9.48 Å². The van der Waals surface area contributed by atoms with Gasteiger partial charge in [0.05, 0.1) is 17.6 Å². The summed E-state index contributed by atoms with van der Waals surface area (Å²) >= 11 is 1.30. The SMILES string of the molecule is CCCOC(=O)CNP(=O)(Cc1ccc2sc(C(N)=O)cc2c1)Oc1ccccc1.Fc1ccncc1C1CNC1.O=C1CCCCCC2CCCN12. The van der Waals surface area contributed by atoms with Crippen molar-refractivity contribution in [2.24, 2.45) is 5.73 Å². The average molecular weight is 766 g/mol. The lowest BCUT2D eigenvalue weighted by Crippen LogP contribution is -2.40. The molecule has 3 saturated heterocycles. The highest BCUT2D eigenvalue weighted by Crippen LogP contribution is 2.46. The van der Waals surface area contributed by atoms with Gasteiger partial charge in [-0.15, -0.1) is 11.3 Å². The van der Waals surface area contributed by atoms with E-state index in [-0.39, 0.29) is 18.5 Å². The Labute approximate surface area is 314 Å². The summed E-state index contributed by atoms with van der Waals surface area (Å²) in [6.45, 7) is 4.76. The van der Waals surface area contributed by atoms with Crippen LogP contribution in [0.5, 0.6) is 5.75 Å². The predicted molar refractivity (Wildman–Crippen MR) is 206 cm³/mol. The lowest BCUT2D eigenvalue weighted by molar-refractivity contribution is -0.142. The van der Waals surface area contributed by atoms with E-state index in [9.17, 15) is 23.3 Å². The molecule has 2 atom stereocenters. The third kappa shape index (κ3) is 11.9. The number of thiophene rings is 1. The van der Waals surface area contributed by atoms with Crippen molar-refractivity contribution in [2.45, 2.75) is 76.4 Å². The number of hydrogen-bond acceptors (Lipinski definition) is 9. The fraction of sp³-hybridized carbons (Fsp3) is 0.436. The van der Waals surface area contributed by atoms with E-state index < -0.39 is 19.4 Å². The molecule has 53 heavy (non-hydrogen) atoms. The number of amides is 2. The molecule has 0 radical (unpaired) electrons. The van der Waals surface area contributed by atoms with Crippen LogP contribution in [0.15, 0.2) is 73.1 Å². The number of halogens is 1. The molecule has 7 rings (SSSR count). The Morgan fingerprint density at radius 3 is 2.58 bits per heavy atom. The molecule has 14 heteroatoms. The molecule has 0 bridgehead atoms. The Morgan fingerprint density at radius 1 is 1.08 bits per heavy atom. The second-order valence-corrected chi connectivity index (χ2v) is 16.6. The molecule has 3 aliphatic heterocycles.